The molecule has 0 bridgehead atoms. The van der Waals surface area contributed by atoms with Gasteiger partial charge in [-0.1, -0.05) is 30.4 Å². The summed E-state index contributed by atoms with van der Waals surface area (Å²) < 4.78 is 12.2. The quantitative estimate of drug-likeness (QED) is 0.296. The van der Waals surface area contributed by atoms with E-state index in [1.165, 1.54) is 28.0 Å². The Bertz CT molecular complexity index is 1480. The number of aryl methyl sites for hydroxylation is 1. The topological polar surface area (TPSA) is 119 Å². The van der Waals surface area contributed by atoms with Gasteiger partial charge in [-0.05, 0) is 54.5 Å². The number of amides is 1. The van der Waals surface area contributed by atoms with E-state index in [2.05, 4.69) is 15.4 Å². The Hall–Kier alpha value is -4.49. The molecule has 0 saturated carbocycles. The predicted molar refractivity (Wildman–Crippen MR) is 132 cm³/mol. The number of aromatic nitrogens is 3. The molecular formula is C25H21N5O4S. The molecule has 4 rings (SSSR count). The van der Waals surface area contributed by atoms with Crippen molar-refractivity contribution in [3.05, 3.63) is 86.8 Å². The van der Waals surface area contributed by atoms with Gasteiger partial charge in [0, 0.05) is 11.8 Å². The van der Waals surface area contributed by atoms with E-state index in [0.717, 1.165) is 11.4 Å². The summed E-state index contributed by atoms with van der Waals surface area (Å²) in [4.78, 5) is 29.7. The molecule has 0 unspecified atom stereocenters. The number of anilines is 1. The van der Waals surface area contributed by atoms with Crippen molar-refractivity contribution in [2.45, 2.75) is 20.0 Å². The van der Waals surface area contributed by atoms with E-state index in [9.17, 15) is 14.9 Å². The number of methoxy groups -OCH3 is 1. The second-order valence-corrected chi connectivity index (χ2v) is 8.38. The summed E-state index contributed by atoms with van der Waals surface area (Å²) in [5.41, 5.74) is 1.43. The molecular weight excluding hydrogens is 466 g/mol. The van der Waals surface area contributed by atoms with E-state index in [1.807, 2.05) is 13.0 Å². The van der Waals surface area contributed by atoms with Gasteiger partial charge in [-0.15, -0.1) is 0 Å². The number of nitriles is 1. The number of rotatable bonds is 8. The molecule has 0 spiro atoms. The smallest absolute Gasteiger partial charge is 0.275 e. The van der Waals surface area contributed by atoms with Crippen molar-refractivity contribution in [2.75, 3.05) is 12.4 Å². The van der Waals surface area contributed by atoms with Crippen LogP contribution in [0, 0.1) is 11.3 Å². The molecule has 2 aromatic heterocycles. The first-order valence-corrected chi connectivity index (χ1v) is 11.5. The summed E-state index contributed by atoms with van der Waals surface area (Å²) in [5, 5.41) is 17.2. The number of fused-ring (bicyclic) bond motifs is 1. The average Bonchev–Trinajstić information content (AvgIpc) is 3.31. The fourth-order valence-electron chi connectivity index (χ4n) is 3.12. The third-order valence-electron chi connectivity index (χ3n) is 4.93. The first kappa shape index (κ1) is 23.7. The van der Waals surface area contributed by atoms with Crippen LogP contribution in [0.1, 0.15) is 23.2 Å². The Morgan fingerprint density at radius 3 is 2.54 bits per heavy atom. The van der Waals surface area contributed by atoms with Crippen molar-refractivity contribution in [2.24, 2.45) is 0 Å². The normalized spacial score (nSPS) is 11.2. The van der Waals surface area contributed by atoms with Crippen molar-refractivity contribution >= 4 is 34.0 Å². The molecule has 2 aromatic carbocycles. The summed E-state index contributed by atoms with van der Waals surface area (Å²) in [6.45, 7) is 2.09. The number of hydrogen-bond donors (Lipinski definition) is 1. The van der Waals surface area contributed by atoms with Gasteiger partial charge >= 0.3 is 0 Å². The Kier molecular flexibility index (Phi) is 7.18. The maximum Gasteiger partial charge on any atom is 0.275 e. The highest BCUT2D eigenvalue weighted by Gasteiger charge is 2.11. The average molecular weight is 488 g/mol. The van der Waals surface area contributed by atoms with Crippen LogP contribution < -0.4 is 20.3 Å². The lowest BCUT2D eigenvalue weighted by Crippen LogP contribution is -2.16. The monoisotopic (exact) mass is 487 g/mol. The summed E-state index contributed by atoms with van der Waals surface area (Å²) >= 11 is 1.38. The molecule has 0 fully saturated rings. The zero-order valence-corrected chi connectivity index (χ0v) is 19.8. The molecule has 0 atom stereocenters. The number of carbonyl (C=O) groups is 1. The Morgan fingerprint density at radius 1 is 1.17 bits per heavy atom. The standard InChI is InChI=1S/C25H21N5O4S/c1-3-22-29-30-23(31)13-19(28-25(30)35-22)15-34-21-8-4-16(5-9-21)12-17(14-26)24(32)27-18-6-10-20(33-2)11-7-18/h4-13H,3,15H2,1-2H3,(H,27,32)/b17-12+. The number of nitrogens with one attached hydrogen (secondary N) is 1. The third-order valence-corrected chi connectivity index (χ3v) is 5.99. The van der Waals surface area contributed by atoms with Gasteiger partial charge in [0.2, 0.25) is 4.96 Å². The Balaban J connectivity index is 1.41. The lowest BCUT2D eigenvalue weighted by molar-refractivity contribution is -0.112. The van der Waals surface area contributed by atoms with Gasteiger partial charge in [0.25, 0.3) is 11.5 Å². The van der Waals surface area contributed by atoms with Crippen molar-refractivity contribution < 1.29 is 14.3 Å². The molecule has 4 aromatic rings. The second kappa shape index (κ2) is 10.6. The number of nitrogens with zero attached hydrogens (tertiary/aromatic N) is 4. The van der Waals surface area contributed by atoms with Crippen LogP contribution in [0.15, 0.2) is 65.0 Å². The van der Waals surface area contributed by atoms with Crippen molar-refractivity contribution in [3.8, 4) is 17.6 Å². The summed E-state index contributed by atoms with van der Waals surface area (Å²) in [6.07, 6.45) is 2.23. The first-order valence-electron chi connectivity index (χ1n) is 10.7. The summed E-state index contributed by atoms with van der Waals surface area (Å²) in [7, 11) is 1.56. The van der Waals surface area contributed by atoms with Gasteiger partial charge in [-0.2, -0.15) is 14.9 Å². The maximum absolute atomic E-state index is 12.5. The van der Waals surface area contributed by atoms with Gasteiger partial charge in [-0.25, -0.2) is 4.98 Å². The zero-order chi connectivity index (χ0) is 24.8. The zero-order valence-electron chi connectivity index (χ0n) is 19.0. The minimum atomic E-state index is -0.514. The van der Waals surface area contributed by atoms with Crippen molar-refractivity contribution in [1.82, 2.24) is 14.6 Å². The highest BCUT2D eigenvalue weighted by Crippen LogP contribution is 2.19. The highest BCUT2D eigenvalue weighted by atomic mass is 32.1. The minimum absolute atomic E-state index is 0.0385. The Morgan fingerprint density at radius 2 is 1.89 bits per heavy atom. The molecule has 9 nitrogen and oxygen atoms in total. The highest BCUT2D eigenvalue weighted by molar-refractivity contribution is 7.16. The van der Waals surface area contributed by atoms with Crippen LogP contribution in [0.3, 0.4) is 0 Å². The van der Waals surface area contributed by atoms with E-state index < -0.39 is 5.91 Å². The lowest BCUT2D eigenvalue weighted by Gasteiger charge is -2.07. The van der Waals surface area contributed by atoms with Crippen LogP contribution in [0.5, 0.6) is 11.5 Å². The molecule has 35 heavy (non-hydrogen) atoms. The van der Waals surface area contributed by atoms with Gasteiger partial charge < -0.3 is 14.8 Å². The van der Waals surface area contributed by atoms with Gasteiger partial charge in [-0.3, -0.25) is 9.59 Å². The number of benzene rings is 2. The minimum Gasteiger partial charge on any atom is -0.497 e. The molecule has 10 heteroatoms. The van der Waals surface area contributed by atoms with Crippen LogP contribution in [0.2, 0.25) is 0 Å². The van der Waals surface area contributed by atoms with Crippen LogP contribution in [-0.2, 0) is 17.8 Å². The molecule has 1 amide bonds. The summed E-state index contributed by atoms with van der Waals surface area (Å²) in [6, 6.07) is 17.0. The van der Waals surface area contributed by atoms with Gasteiger partial charge in [0.1, 0.15) is 34.8 Å². The second-order valence-electron chi connectivity index (χ2n) is 7.34. The Labute approximate surface area is 204 Å². The lowest BCUT2D eigenvalue weighted by atomic mass is 10.1. The van der Waals surface area contributed by atoms with E-state index in [1.54, 1.807) is 55.6 Å². The molecule has 0 saturated heterocycles. The summed E-state index contributed by atoms with van der Waals surface area (Å²) in [5.74, 6) is 0.711. The maximum atomic E-state index is 12.5. The molecule has 2 heterocycles. The van der Waals surface area contributed by atoms with Crippen LogP contribution in [-0.4, -0.2) is 27.6 Å². The van der Waals surface area contributed by atoms with Crippen molar-refractivity contribution in [3.63, 3.8) is 0 Å². The molecule has 176 valence electrons. The number of hydrogen-bond acceptors (Lipinski definition) is 8. The van der Waals surface area contributed by atoms with E-state index in [0.29, 0.717) is 33.4 Å². The molecule has 0 aliphatic heterocycles. The molecule has 0 aliphatic carbocycles. The van der Waals surface area contributed by atoms with Crippen LogP contribution in [0.25, 0.3) is 11.0 Å². The SMILES string of the molecule is CCc1nn2c(=O)cc(COc3ccc(/C=C(\C#N)C(=O)Nc4ccc(OC)cc4)cc3)nc2s1. The van der Waals surface area contributed by atoms with E-state index in [-0.39, 0.29) is 17.7 Å². The first-order chi connectivity index (χ1) is 17.0. The van der Waals surface area contributed by atoms with Crippen LogP contribution >= 0.6 is 11.3 Å². The van der Waals surface area contributed by atoms with E-state index in [4.69, 9.17) is 9.47 Å². The predicted octanol–water partition coefficient (Wildman–Crippen LogP) is 3.85. The van der Waals surface area contributed by atoms with Gasteiger partial charge in [0.05, 0.1) is 12.8 Å². The van der Waals surface area contributed by atoms with Crippen molar-refractivity contribution in [1.29, 1.82) is 5.26 Å². The third kappa shape index (κ3) is 5.72. The number of ether oxygens (including phenoxy) is 2. The fourth-order valence-corrected chi connectivity index (χ4v) is 3.98. The molecule has 0 aliphatic rings. The largest absolute Gasteiger partial charge is 0.497 e. The van der Waals surface area contributed by atoms with Crippen LogP contribution in [0.4, 0.5) is 5.69 Å². The molecule has 1 N–H and O–H groups in total. The fraction of sp³-hybridized carbons (Fsp3) is 0.160. The van der Waals surface area contributed by atoms with E-state index >= 15 is 0 Å². The number of carbonyl (C=O) groups excluding carboxylic acids is 1. The van der Waals surface area contributed by atoms with Gasteiger partial charge in [0.15, 0.2) is 0 Å². The molecule has 0 radical (unpaired) electrons.